The van der Waals surface area contributed by atoms with Crippen LogP contribution >= 0.6 is 11.6 Å². The highest BCUT2D eigenvalue weighted by Gasteiger charge is 2.44. The Labute approximate surface area is 189 Å². The Morgan fingerprint density at radius 2 is 1.59 bits per heavy atom. The maximum atomic E-state index is 13.3. The van der Waals surface area contributed by atoms with Gasteiger partial charge in [0.25, 0.3) is 17.5 Å². The molecule has 4 rings (SSSR count). The highest BCUT2D eigenvalue weighted by Crippen LogP contribution is 2.31. The second kappa shape index (κ2) is 8.64. The number of carbonyl (C=O) groups is 2. The molecule has 1 aliphatic rings. The van der Waals surface area contributed by atoms with Crippen LogP contribution in [-0.4, -0.2) is 22.8 Å². The number of nitrogens with zero attached hydrogens (tertiary/aromatic N) is 2. The SMILES string of the molecule is Cc1ccc(N2C(=O)/C(=C/c3ccc(Cl)cc3)C(Nc3ccc([N+](=O)[O-])cc3)C2=O)cc1. The van der Waals surface area contributed by atoms with Crippen molar-refractivity contribution in [3.8, 4) is 0 Å². The lowest BCUT2D eigenvalue weighted by atomic mass is 10.1. The standard InChI is InChI=1S/C24H18ClN3O4/c1-15-2-10-19(11-3-15)27-23(29)21(14-16-4-6-17(25)7-5-16)22(24(27)30)26-18-8-12-20(13-9-18)28(31)32/h2-14,22,26H,1H3/b21-14+. The summed E-state index contributed by atoms with van der Waals surface area (Å²) < 4.78 is 0. The van der Waals surface area contributed by atoms with E-state index in [0.29, 0.717) is 22.0 Å². The van der Waals surface area contributed by atoms with Crippen LogP contribution < -0.4 is 10.2 Å². The molecule has 1 aliphatic heterocycles. The van der Waals surface area contributed by atoms with Gasteiger partial charge in [-0.2, -0.15) is 0 Å². The maximum Gasteiger partial charge on any atom is 0.269 e. The number of nitro groups is 1. The van der Waals surface area contributed by atoms with Gasteiger partial charge in [0.2, 0.25) is 0 Å². The molecule has 1 fully saturated rings. The number of aryl methyl sites for hydroxylation is 1. The first kappa shape index (κ1) is 21.3. The van der Waals surface area contributed by atoms with Gasteiger partial charge < -0.3 is 5.32 Å². The number of imide groups is 1. The Morgan fingerprint density at radius 1 is 0.969 bits per heavy atom. The monoisotopic (exact) mass is 447 g/mol. The third-order valence-electron chi connectivity index (χ3n) is 5.10. The zero-order valence-electron chi connectivity index (χ0n) is 17.0. The minimum atomic E-state index is -0.957. The van der Waals surface area contributed by atoms with E-state index in [4.69, 9.17) is 11.6 Å². The summed E-state index contributed by atoms with van der Waals surface area (Å²) in [6, 6.07) is 18.7. The number of non-ortho nitro benzene ring substituents is 1. The van der Waals surface area contributed by atoms with Crippen LogP contribution in [0, 0.1) is 17.0 Å². The van der Waals surface area contributed by atoms with Crippen molar-refractivity contribution in [3.63, 3.8) is 0 Å². The van der Waals surface area contributed by atoms with Crippen LogP contribution in [0.1, 0.15) is 11.1 Å². The highest BCUT2D eigenvalue weighted by atomic mass is 35.5. The van der Waals surface area contributed by atoms with Gasteiger partial charge in [0, 0.05) is 22.8 Å². The van der Waals surface area contributed by atoms with Crippen molar-refractivity contribution in [2.75, 3.05) is 10.2 Å². The highest BCUT2D eigenvalue weighted by molar-refractivity contribution is 6.33. The second-order valence-corrected chi connectivity index (χ2v) is 7.78. The van der Waals surface area contributed by atoms with Crippen LogP contribution in [0.3, 0.4) is 0 Å². The van der Waals surface area contributed by atoms with Crippen molar-refractivity contribution in [1.29, 1.82) is 0 Å². The molecule has 0 aliphatic carbocycles. The molecule has 0 bridgehead atoms. The summed E-state index contributed by atoms with van der Waals surface area (Å²) in [7, 11) is 0. The molecule has 1 N–H and O–H groups in total. The lowest BCUT2D eigenvalue weighted by molar-refractivity contribution is -0.384. The quantitative estimate of drug-likeness (QED) is 0.257. The number of carbonyl (C=O) groups excluding carboxylic acids is 2. The Kier molecular flexibility index (Phi) is 5.75. The smallest absolute Gasteiger partial charge is 0.269 e. The first-order chi connectivity index (χ1) is 15.3. The number of rotatable bonds is 5. The summed E-state index contributed by atoms with van der Waals surface area (Å²) in [6.45, 7) is 1.92. The van der Waals surface area contributed by atoms with Gasteiger partial charge in [0.05, 0.1) is 16.2 Å². The van der Waals surface area contributed by atoms with Crippen molar-refractivity contribution >= 4 is 46.6 Å². The van der Waals surface area contributed by atoms with Crippen molar-refractivity contribution in [2.24, 2.45) is 0 Å². The molecular weight excluding hydrogens is 430 g/mol. The summed E-state index contributed by atoms with van der Waals surface area (Å²) in [5.41, 5.74) is 2.87. The fourth-order valence-corrected chi connectivity index (χ4v) is 3.55. The van der Waals surface area contributed by atoms with E-state index in [1.807, 2.05) is 19.1 Å². The zero-order chi connectivity index (χ0) is 22.8. The first-order valence-electron chi connectivity index (χ1n) is 9.76. The summed E-state index contributed by atoms with van der Waals surface area (Å²) >= 11 is 5.96. The van der Waals surface area contributed by atoms with Crippen molar-refractivity contribution in [2.45, 2.75) is 13.0 Å². The van der Waals surface area contributed by atoms with E-state index < -0.39 is 22.8 Å². The number of amides is 2. The number of hydrogen-bond acceptors (Lipinski definition) is 5. The molecule has 0 saturated carbocycles. The Morgan fingerprint density at radius 3 is 2.19 bits per heavy atom. The molecule has 8 heteroatoms. The molecule has 0 spiro atoms. The van der Waals surface area contributed by atoms with Crippen LogP contribution in [0.2, 0.25) is 5.02 Å². The molecule has 0 aromatic heterocycles. The van der Waals surface area contributed by atoms with E-state index >= 15 is 0 Å². The number of halogens is 1. The van der Waals surface area contributed by atoms with Crippen molar-refractivity contribution in [3.05, 3.63) is 105 Å². The molecule has 1 heterocycles. The molecule has 32 heavy (non-hydrogen) atoms. The Balaban J connectivity index is 1.73. The number of benzene rings is 3. The van der Waals surface area contributed by atoms with Crippen LogP contribution in [0.5, 0.6) is 0 Å². The molecule has 1 saturated heterocycles. The van der Waals surface area contributed by atoms with Gasteiger partial charge in [-0.25, -0.2) is 4.90 Å². The van der Waals surface area contributed by atoms with E-state index in [2.05, 4.69) is 5.32 Å². The number of nitro benzene ring substituents is 1. The summed E-state index contributed by atoms with van der Waals surface area (Å²) in [5, 5.41) is 14.5. The average Bonchev–Trinajstić information content (AvgIpc) is 3.00. The Hall–Kier alpha value is -3.97. The van der Waals surface area contributed by atoms with Gasteiger partial charge in [-0.3, -0.25) is 19.7 Å². The Bertz CT molecular complexity index is 1220. The van der Waals surface area contributed by atoms with Crippen LogP contribution in [0.15, 0.2) is 78.4 Å². The molecular formula is C24H18ClN3O4. The predicted octanol–water partition coefficient (Wildman–Crippen LogP) is 4.99. The normalized spacial score (nSPS) is 17.1. The van der Waals surface area contributed by atoms with Gasteiger partial charge in [-0.15, -0.1) is 0 Å². The lowest BCUT2D eigenvalue weighted by Crippen LogP contribution is -2.34. The van der Waals surface area contributed by atoms with Crippen LogP contribution in [0.4, 0.5) is 17.1 Å². The topological polar surface area (TPSA) is 92.6 Å². The summed E-state index contributed by atoms with van der Waals surface area (Å²) in [6.07, 6.45) is 1.65. The molecule has 0 radical (unpaired) electrons. The summed E-state index contributed by atoms with van der Waals surface area (Å²) in [5.74, 6) is -0.870. The lowest BCUT2D eigenvalue weighted by Gasteiger charge is -2.16. The van der Waals surface area contributed by atoms with Crippen LogP contribution in [-0.2, 0) is 9.59 Å². The van der Waals surface area contributed by atoms with Crippen molar-refractivity contribution in [1.82, 2.24) is 0 Å². The largest absolute Gasteiger partial charge is 0.370 e. The second-order valence-electron chi connectivity index (χ2n) is 7.35. The maximum absolute atomic E-state index is 13.3. The zero-order valence-corrected chi connectivity index (χ0v) is 17.7. The minimum absolute atomic E-state index is 0.0670. The van der Waals surface area contributed by atoms with Crippen LogP contribution in [0.25, 0.3) is 6.08 Å². The van der Waals surface area contributed by atoms with E-state index in [-0.39, 0.29) is 11.3 Å². The van der Waals surface area contributed by atoms with E-state index in [1.54, 1.807) is 42.5 Å². The molecule has 7 nitrogen and oxygen atoms in total. The van der Waals surface area contributed by atoms with Gasteiger partial charge >= 0.3 is 0 Å². The fourth-order valence-electron chi connectivity index (χ4n) is 3.42. The molecule has 3 aromatic rings. The molecule has 1 unspecified atom stereocenters. The third kappa shape index (κ3) is 4.24. The minimum Gasteiger partial charge on any atom is -0.370 e. The number of nitrogens with one attached hydrogen (secondary N) is 1. The fraction of sp³-hybridized carbons (Fsp3) is 0.0833. The predicted molar refractivity (Wildman–Crippen MR) is 124 cm³/mol. The summed E-state index contributed by atoms with van der Waals surface area (Å²) in [4.78, 5) is 38.2. The number of hydrogen-bond donors (Lipinski definition) is 1. The van der Waals surface area contributed by atoms with E-state index in [1.165, 1.54) is 24.3 Å². The molecule has 2 amide bonds. The first-order valence-corrected chi connectivity index (χ1v) is 10.1. The van der Waals surface area contributed by atoms with Gasteiger partial charge in [-0.05, 0) is 55.0 Å². The van der Waals surface area contributed by atoms with Gasteiger partial charge in [0.15, 0.2) is 0 Å². The third-order valence-corrected chi connectivity index (χ3v) is 5.35. The number of anilines is 2. The average molecular weight is 448 g/mol. The molecule has 160 valence electrons. The molecule has 1 atom stereocenters. The van der Waals surface area contributed by atoms with E-state index in [0.717, 1.165) is 10.5 Å². The molecule has 3 aromatic carbocycles. The van der Waals surface area contributed by atoms with Gasteiger partial charge in [-0.1, -0.05) is 41.4 Å². The van der Waals surface area contributed by atoms with E-state index in [9.17, 15) is 19.7 Å². The van der Waals surface area contributed by atoms with Crippen molar-refractivity contribution < 1.29 is 14.5 Å². The van der Waals surface area contributed by atoms with Gasteiger partial charge in [0.1, 0.15) is 6.04 Å².